The van der Waals surface area contributed by atoms with Gasteiger partial charge in [-0.3, -0.25) is 14.7 Å². The maximum absolute atomic E-state index is 12.6. The van der Waals surface area contributed by atoms with Crippen LogP contribution >= 0.6 is 24.0 Å². The number of aliphatic imine (C=N–C) groups is 1. The number of primary amides is 1. The van der Waals surface area contributed by atoms with E-state index in [2.05, 4.69) is 25.5 Å². The van der Waals surface area contributed by atoms with Crippen LogP contribution in [0.2, 0.25) is 0 Å². The molecule has 0 saturated carbocycles. The van der Waals surface area contributed by atoms with Crippen LogP contribution < -0.4 is 21.3 Å². The van der Waals surface area contributed by atoms with Crippen LogP contribution in [0.15, 0.2) is 23.3 Å². The zero-order valence-electron chi connectivity index (χ0n) is 18.1. The second-order valence-electron chi connectivity index (χ2n) is 8.08. The van der Waals surface area contributed by atoms with Crippen molar-refractivity contribution in [2.75, 3.05) is 44.7 Å². The van der Waals surface area contributed by atoms with Crippen LogP contribution in [0.25, 0.3) is 0 Å². The Balaban J connectivity index is 0.00000363. The van der Waals surface area contributed by atoms with Crippen LogP contribution in [-0.4, -0.2) is 73.7 Å². The molecule has 2 fully saturated rings. The first-order valence-electron chi connectivity index (χ1n) is 10.5. The molecule has 8 nitrogen and oxygen atoms in total. The molecule has 3 heterocycles. The number of hydrogen-bond donors (Lipinski definition) is 3. The van der Waals surface area contributed by atoms with Crippen LogP contribution in [-0.2, 0) is 11.3 Å². The summed E-state index contributed by atoms with van der Waals surface area (Å²) in [6.45, 7) is 1.62. The largest absolute Gasteiger partial charge is 0.401 e. The Kier molecular flexibility index (Phi) is 9.80. The smallest absolute Gasteiger partial charge is 0.369 e. The minimum Gasteiger partial charge on any atom is -0.369 e. The van der Waals surface area contributed by atoms with Crippen molar-refractivity contribution in [1.29, 1.82) is 0 Å². The summed E-state index contributed by atoms with van der Waals surface area (Å²) in [4.78, 5) is 23.8. The highest BCUT2D eigenvalue weighted by Gasteiger charge is 2.34. The van der Waals surface area contributed by atoms with Crippen LogP contribution in [0.4, 0.5) is 19.0 Å². The van der Waals surface area contributed by atoms with Crippen molar-refractivity contribution < 1.29 is 18.0 Å². The molecule has 0 spiro atoms. The fourth-order valence-electron chi connectivity index (χ4n) is 4.17. The van der Waals surface area contributed by atoms with Crippen molar-refractivity contribution in [3.8, 4) is 0 Å². The number of pyridine rings is 1. The lowest BCUT2D eigenvalue weighted by Gasteiger charge is -2.33. The number of aromatic nitrogens is 1. The number of hydrogen-bond acceptors (Lipinski definition) is 5. The minimum absolute atomic E-state index is 0. The van der Waals surface area contributed by atoms with Gasteiger partial charge in [0, 0.05) is 57.6 Å². The summed E-state index contributed by atoms with van der Waals surface area (Å²) in [6, 6.07) is 3.70. The van der Waals surface area contributed by atoms with Gasteiger partial charge in [0.15, 0.2) is 5.96 Å². The Labute approximate surface area is 203 Å². The number of anilines is 1. The summed E-state index contributed by atoms with van der Waals surface area (Å²) < 4.78 is 37.8. The number of piperidine rings is 1. The molecule has 1 aromatic heterocycles. The van der Waals surface area contributed by atoms with E-state index in [1.165, 1.54) is 4.90 Å². The number of alkyl halides is 3. The van der Waals surface area contributed by atoms with Crippen molar-refractivity contribution in [3.05, 3.63) is 23.9 Å². The molecular formula is C20H31F3IN7O. The predicted molar refractivity (Wildman–Crippen MR) is 128 cm³/mol. The average Bonchev–Trinajstić information content (AvgIpc) is 3.16. The van der Waals surface area contributed by atoms with E-state index in [4.69, 9.17) is 5.73 Å². The molecule has 2 aliphatic rings. The number of halogens is 4. The van der Waals surface area contributed by atoms with Crippen molar-refractivity contribution in [2.24, 2.45) is 16.6 Å². The topological polar surface area (TPSA) is 98.9 Å². The van der Waals surface area contributed by atoms with Gasteiger partial charge < -0.3 is 21.3 Å². The number of amides is 1. The summed E-state index contributed by atoms with van der Waals surface area (Å²) in [6.07, 6.45) is -0.190. The monoisotopic (exact) mass is 569 g/mol. The van der Waals surface area contributed by atoms with E-state index in [1.807, 2.05) is 12.1 Å². The molecule has 32 heavy (non-hydrogen) atoms. The maximum Gasteiger partial charge on any atom is 0.401 e. The number of carbonyl (C=O) groups excluding carboxylic acids is 1. The summed E-state index contributed by atoms with van der Waals surface area (Å²) in [5.74, 6) is 0.852. The SMILES string of the molecule is CN=C(NCc1cccnc1N1CCCC(C(N)=O)C1)NC1CCN(CC(F)(F)F)C1.I. The number of rotatable bonds is 6. The molecule has 4 N–H and O–H groups in total. The first-order chi connectivity index (χ1) is 14.7. The van der Waals surface area contributed by atoms with Crippen LogP contribution in [0, 0.1) is 5.92 Å². The van der Waals surface area contributed by atoms with Gasteiger partial charge in [-0.1, -0.05) is 6.07 Å². The van der Waals surface area contributed by atoms with E-state index in [0.29, 0.717) is 38.6 Å². The molecule has 0 aromatic carbocycles. The highest BCUT2D eigenvalue weighted by Crippen LogP contribution is 2.24. The molecule has 180 valence electrons. The van der Waals surface area contributed by atoms with Crippen molar-refractivity contribution in [2.45, 2.75) is 38.0 Å². The molecule has 0 bridgehead atoms. The zero-order valence-corrected chi connectivity index (χ0v) is 20.4. The summed E-state index contributed by atoms with van der Waals surface area (Å²) >= 11 is 0. The van der Waals surface area contributed by atoms with Gasteiger partial charge in [0.1, 0.15) is 5.82 Å². The zero-order chi connectivity index (χ0) is 22.4. The Morgan fingerprint density at radius 3 is 2.78 bits per heavy atom. The second-order valence-corrected chi connectivity index (χ2v) is 8.08. The lowest BCUT2D eigenvalue weighted by atomic mass is 9.97. The highest BCUT2D eigenvalue weighted by molar-refractivity contribution is 14.0. The van der Waals surface area contributed by atoms with E-state index in [9.17, 15) is 18.0 Å². The van der Waals surface area contributed by atoms with E-state index in [1.54, 1.807) is 13.2 Å². The molecule has 0 radical (unpaired) electrons. The van der Waals surface area contributed by atoms with E-state index in [0.717, 1.165) is 30.8 Å². The predicted octanol–water partition coefficient (Wildman–Crippen LogP) is 1.70. The average molecular weight is 569 g/mol. The van der Waals surface area contributed by atoms with Gasteiger partial charge in [0.05, 0.1) is 12.5 Å². The second kappa shape index (κ2) is 11.9. The number of nitrogens with two attached hydrogens (primary N) is 1. The number of nitrogens with one attached hydrogen (secondary N) is 2. The van der Waals surface area contributed by atoms with Crippen LogP contribution in [0.5, 0.6) is 0 Å². The molecular weight excluding hydrogens is 538 g/mol. The molecule has 2 aliphatic heterocycles. The Morgan fingerprint density at radius 2 is 2.09 bits per heavy atom. The van der Waals surface area contributed by atoms with Crippen LogP contribution in [0.1, 0.15) is 24.8 Å². The Bertz CT molecular complexity index is 793. The molecule has 1 aromatic rings. The van der Waals surface area contributed by atoms with E-state index < -0.39 is 12.7 Å². The molecule has 3 rings (SSSR count). The van der Waals surface area contributed by atoms with Gasteiger partial charge in [-0.2, -0.15) is 13.2 Å². The fraction of sp³-hybridized carbons (Fsp3) is 0.650. The maximum atomic E-state index is 12.6. The van der Waals surface area contributed by atoms with Crippen molar-refractivity contribution >= 4 is 41.7 Å². The van der Waals surface area contributed by atoms with Gasteiger partial charge in [-0.15, -0.1) is 24.0 Å². The fourth-order valence-corrected chi connectivity index (χ4v) is 4.17. The third-order valence-corrected chi connectivity index (χ3v) is 5.68. The highest BCUT2D eigenvalue weighted by atomic mass is 127. The van der Waals surface area contributed by atoms with Gasteiger partial charge in [-0.05, 0) is 25.3 Å². The number of nitrogens with zero attached hydrogens (tertiary/aromatic N) is 4. The normalized spacial score (nSPS) is 22.4. The van der Waals surface area contributed by atoms with Gasteiger partial charge in [0.2, 0.25) is 5.91 Å². The number of guanidine groups is 1. The molecule has 2 unspecified atom stereocenters. The number of likely N-dealkylation sites (tertiary alicyclic amines) is 1. The van der Waals surface area contributed by atoms with Crippen molar-refractivity contribution in [3.63, 3.8) is 0 Å². The first-order valence-corrected chi connectivity index (χ1v) is 10.5. The van der Waals surface area contributed by atoms with Gasteiger partial charge in [0.25, 0.3) is 0 Å². The third kappa shape index (κ3) is 7.64. The number of carbonyl (C=O) groups is 1. The molecule has 0 aliphatic carbocycles. The summed E-state index contributed by atoms with van der Waals surface area (Å²) in [7, 11) is 1.63. The third-order valence-electron chi connectivity index (χ3n) is 5.68. The van der Waals surface area contributed by atoms with E-state index >= 15 is 0 Å². The lowest BCUT2D eigenvalue weighted by molar-refractivity contribution is -0.143. The quantitative estimate of drug-likeness (QED) is 0.274. The molecule has 1 amide bonds. The first kappa shape index (κ1) is 26.4. The van der Waals surface area contributed by atoms with Crippen molar-refractivity contribution in [1.82, 2.24) is 20.5 Å². The standard InChI is InChI=1S/C20H30F3N7O.HI/c1-25-19(28-16-6-9-29(12-16)13-20(21,22)23)27-10-14-4-2-7-26-18(14)30-8-3-5-15(11-30)17(24)31;/h2,4,7,15-16H,3,5-6,8-13H2,1H3,(H2,24,31)(H2,25,27,28);1H. The molecule has 2 atom stereocenters. The lowest BCUT2D eigenvalue weighted by Crippen LogP contribution is -2.45. The van der Waals surface area contributed by atoms with Gasteiger partial charge >= 0.3 is 6.18 Å². The summed E-state index contributed by atoms with van der Waals surface area (Å²) in [5.41, 5.74) is 6.44. The van der Waals surface area contributed by atoms with Crippen LogP contribution in [0.3, 0.4) is 0 Å². The van der Waals surface area contributed by atoms with E-state index in [-0.39, 0.29) is 41.8 Å². The van der Waals surface area contributed by atoms with Gasteiger partial charge in [-0.25, -0.2) is 4.98 Å². The molecule has 2 saturated heterocycles. The minimum atomic E-state index is -4.19. The molecule has 12 heteroatoms. The Hall–Kier alpha value is -1.83. The summed E-state index contributed by atoms with van der Waals surface area (Å²) in [5, 5.41) is 6.44. The Morgan fingerprint density at radius 1 is 1.31 bits per heavy atom.